The number of likely N-dealkylation sites (N-methyl/N-ethyl adjacent to an activating group) is 1. The first-order valence-electron chi connectivity index (χ1n) is 7.05. The van der Waals surface area contributed by atoms with Crippen molar-refractivity contribution in [2.75, 3.05) is 14.1 Å². The van der Waals surface area contributed by atoms with Gasteiger partial charge >= 0.3 is 0 Å². The summed E-state index contributed by atoms with van der Waals surface area (Å²) in [6.07, 6.45) is 0. The van der Waals surface area contributed by atoms with Crippen molar-refractivity contribution >= 4 is 51.9 Å². The summed E-state index contributed by atoms with van der Waals surface area (Å²) >= 11 is 18.0. The Hall–Kier alpha value is -1.82. The minimum atomic E-state index is -0.0735. The number of pyridine rings is 1. The number of fused-ring (bicyclic) bond motifs is 1. The number of hydrogen-bond donors (Lipinski definition) is 0. The molecule has 1 amide bonds. The van der Waals surface area contributed by atoms with E-state index in [0.717, 1.165) is 5.56 Å². The predicted molar refractivity (Wildman–Crippen MR) is 96.7 cm³/mol. The van der Waals surface area contributed by atoms with Crippen LogP contribution in [0.2, 0.25) is 15.2 Å². The van der Waals surface area contributed by atoms with Gasteiger partial charge in [0.05, 0.1) is 10.5 Å². The molecule has 0 saturated carbocycles. The fourth-order valence-corrected chi connectivity index (χ4v) is 2.67. The molecule has 0 spiro atoms. The third kappa shape index (κ3) is 3.20. The van der Waals surface area contributed by atoms with Crippen LogP contribution in [-0.2, 0) is 11.3 Å². The third-order valence-electron chi connectivity index (χ3n) is 3.55. The highest BCUT2D eigenvalue weighted by Crippen LogP contribution is 2.29. The molecule has 0 bridgehead atoms. The van der Waals surface area contributed by atoms with Crippen LogP contribution in [0.3, 0.4) is 0 Å². The van der Waals surface area contributed by atoms with Gasteiger partial charge < -0.3 is 9.47 Å². The summed E-state index contributed by atoms with van der Waals surface area (Å²) in [5.74, 6) is 0.526. The van der Waals surface area contributed by atoms with Gasteiger partial charge in [-0.1, -0.05) is 34.8 Å². The largest absolute Gasteiger partial charge is 0.347 e. The smallest absolute Gasteiger partial charge is 0.242 e. The topological polar surface area (TPSA) is 51.0 Å². The van der Waals surface area contributed by atoms with Gasteiger partial charge in [0.2, 0.25) is 5.91 Å². The minimum absolute atomic E-state index is 0.0735. The van der Waals surface area contributed by atoms with Crippen LogP contribution in [-0.4, -0.2) is 39.4 Å². The molecule has 24 heavy (non-hydrogen) atoms. The number of halogens is 3. The first-order chi connectivity index (χ1) is 11.4. The number of carbonyl (C=O) groups excluding carboxylic acids is 1. The molecule has 1 aromatic carbocycles. The van der Waals surface area contributed by atoms with E-state index >= 15 is 0 Å². The van der Waals surface area contributed by atoms with E-state index < -0.39 is 0 Å². The molecule has 0 unspecified atom stereocenters. The summed E-state index contributed by atoms with van der Waals surface area (Å²) in [4.78, 5) is 22.5. The quantitative estimate of drug-likeness (QED) is 0.639. The van der Waals surface area contributed by atoms with E-state index in [2.05, 4.69) is 9.97 Å². The second kappa shape index (κ2) is 6.59. The molecule has 8 heteroatoms. The van der Waals surface area contributed by atoms with Gasteiger partial charge in [-0.25, -0.2) is 9.97 Å². The highest BCUT2D eigenvalue weighted by atomic mass is 35.5. The van der Waals surface area contributed by atoms with Crippen LogP contribution in [0.1, 0.15) is 0 Å². The molecular weight excluding hydrogens is 371 g/mol. The Bertz CT molecular complexity index is 919. The summed E-state index contributed by atoms with van der Waals surface area (Å²) < 4.78 is 1.77. The molecule has 0 aliphatic carbocycles. The lowest BCUT2D eigenvalue weighted by Crippen LogP contribution is -2.26. The van der Waals surface area contributed by atoms with Crippen molar-refractivity contribution in [2.24, 2.45) is 0 Å². The van der Waals surface area contributed by atoms with E-state index in [1.165, 1.54) is 4.90 Å². The maximum absolute atomic E-state index is 12.2. The first-order valence-corrected chi connectivity index (χ1v) is 8.18. The zero-order chi connectivity index (χ0) is 17.4. The van der Waals surface area contributed by atoms with E-state index in [0.29, 0.717) is 27.0 Å². The summed E-state index contributed by atoms with van der Waals surface area (Å²) in [5.41, 5.74) is 1.89. The average molecular weight is 384 g/mol. The van der Waals surface area contributed by atoms with Crippen molar-refractivity contribution in [3.8, 4) is 11.4 Å². The van der Waals surface area contributed by atoms with Crippen molar-refractivity contribution < 1.29 is 4.79 Å². The Balaban J connectivity index is 2.22. The number of carbonyl (C=O) groups is 1. The maximum Gasteiger partial charge on any atom is 0.242 e. The molecule has 0 aliphatic heterocycles. The Kier molecular flexibility index (Phi) is 4.67. The number of nitrogens with zero attached hydrogens (tertiary/aromatic N) is 4. The van der Waals surface area contributed by atoms with Gasteiger partial charge in [-0.3, -0.25) is 4.79 Å². The molecule has 0 radical (unpaired) electrons. The Morgan fingerprint density at radius 3 is 2.42 bits per heavy atom. The first kappa shape index (κ1) is 17.0. The maximum atomic E-state index is 12.2. The Morgan fingerprint density at radius 2 is 1.79 bits per heavy atom. The summed E-state index contributed by atoms with van der Waals surface area (Å²) in [5, 5.41) is 1.11. The Labute approximate surface area is 153 Å². The number of aromatic nitrogens is 3. The fourth-order valence-electron chi connectivity index (χ4n) is 2.26. The number of rotatable bonds is 3. The molecule has 3 rings (SSSR count). The number of hydrogen-bond acceptors (Lipinski definition) is 3. The van der Waals surface area contributed by atoms with E-state index in [4.69, 9.17) is 34.8 Å². The Morgan fingerprint density at radius 1 is 1.12 bits per heavy atom. The lowest BCUT2D eigenvalue weighted by molar-refractivity contribution is -0.129. The highest BCUT2D eigenvalue weighted by Gasteiger charge is 2.18. The second-order valence-corrected chi connectivity index (χ2v) is 6.62. The van der Waals surface area contributed by atoms with Crippen molar-refractivity contribution in [2.45, 2.75) is 6.54 Å². The van der Waals surface area contributed by atoms with Crippen LogP contribution in [0.4, 0.5) is 0 Å². The molecule has 0 atom stereocenters. The van der Waals surface area contributed by atoms with E-state index in [1.807, 2.05) is 12.1 Å². The van der Waals surface area contributed by atoms with Crippen molar-refractivity contribution in [3.63, 3.8) is 0 Å². The van der Waals surface area contributed by atoms with Gasteiger partial charge in [0, 0.05) is 24.7 Å². The molecule has 5 nitrogen and oxygen atoms in total. The fraction of sp³-hybridized carbons (Fsp3) is 0.188. The van der Waals surface area contributed by atoms with Crippen molar-refractivity contribution in [3.05, 3.63) is 45.5 Å². The van der Waals surface area contributed by atoms with Crippen LogP contribution in [0.5, 0.6) is 0 Å². The molecule has 0 N–H and O–H groups in total. The van der Waals surface area contributed by atoms with Crippen molar-refractivity contribution in [1.29, 1.82) is 0 Å². The summed E-state index contributed by atoms with van der Waals surface area (Å²) in [6, 6.07) is 8.87. The SMILES string of the molecule is CN(C)C(=O)Cn1c(-c2ccc(Cl)cc2)nc2nc(Cl)c(Cl)cc21. The predicted octanol–water partition coefficient (Wildman–Crippen LogP) is 4.15. The zero-order valence-electron chi connectivity index (χ0n) is 12.9. The lowest BCUT2D eigenvalue weighted by atomic mass is 10.2. The zero-order valence-corrected chi connectivity index (χ0v) is 15.2. The molecule has 124 valence electrons. The van der Waals surface area contributed by atoms with Gasteiger partial charge in [0.25, 0.3) is 0 Å². The molecule has 2 heterocycles. The van der Waals surface area contributed by atoms with Crippen LogP contribution >= 0.6 is 34.8 Å². The standard InChI is InChI=1S/C16H13Cl3N4O/c1-22(2)13(24)8-23-12-7-11(18)14(19)20-15(12)21-16(23)9-3-5-10(17)6-4-9/h3-7H,8H2,1-2H3. The molecule has 2 aromatic heterocycles. The van der Waals surface area contributed by atoms with E-state index in [1.54, 1.807) is 36.9 Å². The van der Waals surface area contributed by atoms with Gasteiger partial charge in [-0.2, -0.15) is 0 Å². The number of imidazole rings is 1. The molecule has 3 aromatic rings. The third-order valence-corrected chi connectivity index (χ3v) is 4.47. The summed E-state index contributed by atoms with van der Waals surface area (Å²) in [6.45, 7) is 0.112. The van der Waals surface area contributed by atoms with Crippen molar-refractivity contribution in [1.82, 2.24) is 19.4 Å². The van der Waals surface area contributed by atoms with Crippen LogP contribution in [0.15, 0.2) is 30.3 Å². The number of amides is 1. The second-order valence-electron chi connectivity index (χ2n) is 5.42. The van der Waals surface area contributed by atoms with Gasteiger partial charge in [0.15, 0.2) is 5.65 Å². The van der Waals surface area contributed by atoms with Crippen LogP contribution < -0.4 is 0 Å². The highest BCUT2D eigenvalue weighted by molar-refractivity contribution is 6.41. The van der Waals surface area contributed by atoms with Crippen LogP contribution in [0.25, 0.3) is 22.6 Å². The average Bonchev–Trinajstić information content (AvgIpc) is 2.86. The van der Waals surface area contributed by atoms with Crippen LogP contribution in [0, 0.1) is 0 Å². The van der Waals surface area contributed by atoms with E-state index in [-0.39, 0.29) is 17.6 Å². The van der Waals surface area contributed by atoms with Gasteiger partial charge in [-0.15, -0.1) is 0 Å². The molecule has 0 fully saturated rings. The normalized spacial score (nSPS) is 11.0. The molecule has 0 aliphatic rings. The molecule has 0 saturated heterocycles. The van der Waals surface area contributed by atoms with E-state index in [9.17, 15) is 4.79 Å². The minimum Gasteiger partial charge on any atom is -0.347 e. The summed E-state index contributed by atoms with van der Waals surface area (Å²) in [7, 11) is 3.40. The molecular formula is C16H13Cl3N4O. The van der Waals surface area contributed by atoms with Gasteiger partial charge in [-0.05, 0) is 30.3 Å². The monoisotopic (exact) mass is 382 g/mol. The lowest BCUT2D eigenvalue weighted by Gasteiger charge is -2.13. The number of benzene rings is 1. The van der Waals surface area contributed by atoms with Gasteiger partial charge in [0.1, 0.15) is 17.5 Å².